The Balaban J connectivity index is 2.62. The number of hydrogen-bond acceptors (Lipinski definition) is 2. The molecule has 98 valence electrons. The Morgan fingerprint density at radius 1 is 1.33 bits per heavy atom. The van der Waals surface area contributed by atoms with Crippen LogP contribution in [-0.4, -0.2) is 36.2 Å². The predicted octanol–water partition coefficient (Wildman–Crippen LogP) is 1.83. The van der Waals surface area contributed by atoms with Crippen LogP contribution in [-0.2, 0) is 10.3 Å². The summed E-state index contributed by atoms with van der Waals surface area (Å²) in [5.41, 5.74) is 2.31. The molecule has 0 amide bonds. The quantitative estimate of drug-likeness (QED) is 0.565. The van der Waals surface area contributed by atoms with Crippen molar-refractivity contribution in [3.8, 4) is 0 Å². The molecule has 2 aliphatic rings. The average molecular weight is 266 g/mol. The van der Waals surface area contributed by atoms with Gasteiger partial charge in [-0.15, -0.1) is 0 Å². The molecule has 2 rings (SSSR count). The highest BCUT2D eigenvalue weighted by atomic mass is 32.2. The van der Waals surface area contributed by atoms with E-state index in [4.69, 9.17) is 0 Å². The SMILES string of the molecule is CCC[N+]1=C2C=CC(=S(=O)=O)C=C2C(C)(C)C1C. The van der Waals surface area contributed by atoms with Crippen molar-refractivity contribution in [1.82, 2.24) is 0 Å². The third-order valence-electron chi connectivity index (χ3n) is 4.14. The van der Waals surface area contributed by atoms with Crippen molar-refractivity contribution in [2.45, 2.75) is 40.2 Å². The maximum Gasteiger partial charge on any atom is 0.221 e. The molecule has 0 spiro atoms. The zero-order valence-corrected chi connectivity index (χ0v) is 12.2. The highest BCUT2D eigenvalue weighted by Crippen LogP contribution is 2.40. The number of allylic oxidation sites excluding steroid dienone is 3. The summed E-state index contributed by atoms with van der Waals surface area (Å²) in [7, 11) is -2.15. The van der Waals surface area contributed by atoms with E-state index in [0.29, 0.717) is 10.9 Å². The van der Waals surface area contributed by atoms with Crippen molar-refractivity contribution in [3.05, 3.63) is 23.8 Å². The van der Waals surface area contributed by atoms with Crippen LogP contribution in [0, 0.1) is 5.41 Å². The molecule has 0 saturated carbocycles. The summed E-state index contributed by atoms with van der Waals surface area (Å²) in [5, 5.41) is 0. The summed E-state index contributed by atoms with van der Waals surface area (Å²) in [5.74, 6) is 0. The van der Waals surface area contributed by atoms with Gasteiger partial charge in [-0.3, -0.25) is 0 Å². The van der Waals surface area contributed by atoms with Gasteiger partial charge < -0.3 is 0 Å². The van der Waals surface area contributed by atoms with E-state index < -0.39 is 10.3 Å². The summed E-state index contributed by atoms with van der Waals surface area (Å²) in [6.07, 6.45) is 6.56. The summed E-state index contributed by atoms with van der Waals surface area (Å²) < 4.78 is 24.6. The largest absolute Gasteiger partial charge is 0.226 e. The van der Waals surface area contributed by atoms with Gasteiger partial charge in [-0.25, -0.2) is 4.58 Å². The van der Waals surface area contributed by atoms with Gasteiger partial charge in [0.25, 0.3) is 0 Å². The van der Waals surface area contributed by atoms with Crippen molar-refractivity contribution in [1.29, 1.82) is 0 Å². The lowest BCUT2D eigenvalue weighted by Crippen LogP contribution is -2.31. The fourth-order valence-corrected chi connectivity index (χ4v) is 3.16. The molecular formula is C14H20NO2S+. The topological polar surface area (TPSA) is 37.1 Å². The summed E-state index contributed by atoms with van der Waals surface area (Å²) in [6.45, 7) is 9.76. The third-order valence-corrected chi connectivity index (χ3v) is 4.78. The van der Waals surface area contributed by atoms with Crippen LogP contribution >= 0.6 is 0 Å². The second kappa shape index (κ2) is 4.50. The standard InChI is InChI=1S/C14H20NO2S/c1-5-8-15-10(2)14(3,4)12-9-11(18(16)17)6-7-13(12)15/h6-7,9-10H,5,8H2,1-4H3/q+1. The third kappa shape index (κ3) is 1.88. The number of hydrogen-bond donors (Lipinski definition) is 0. The molecule has 0 aromatic carbocycles. The van der Waals surface area contributed by atoms with E-state index in [1.807, 2.05) is 12.2 Å². The molecule has 0 saturated heterocycles. The Morgan fingerprint density at radius 3 is 2.56 bits per heavy atom. The van der Waals surface area contributed by atoms with E-state index in [1.165, 1.54) is 5.71 Å². The van der Waals surface area contributed by atoms with Gasteiger partial charge >= 0.3 is 0 Å². The van der Waals surface area contributed by atoms with E-state index >= 15 is 0 Å². The van der Waals surface area contributed by atoms with E-state index in [9.17, 15) is 8.42 Å². The molecule has 1 atom stereocenters. The van der Waals surface area contributed by atoms with Crippen molar-refractivity contribution in [2.24, 2.45) is 5.41 Å². The average Bonchev–Trinajstić information content (AvgIpc) is 2.51. The molecule has 0 bridgehead atoms. The molecule has 18 heavy (non-hydrogen) atoms. The van der Waals surface area contributed by atoms with Crippen molar-refractivity contribution in [3.63, 3.8) is 0 Å². The van der Waals surface area contributed by atoms with Crippen LogP contribution in [0.4, 0.5) is 0 Å². The first-order valence-electron chi connectivity index (χ1n) is 6.40. The second-order valence-corrected chi connectivity index (χ2v) is 6.45. The van der Waals surface area contributed by atoms with Crippen molar-refractivity contribution < 1.29 is 13.0 Å². The van der Waals surface area contributed by atoms with Gasteiger partial charge in [-0.2, -0.15) is 8.42 Å². The molecule has 4 heteroatoms. The van der Waals surface area contributed by atoms with Gasteiger partial charge in [0.1, 0.15) is 6.54 Å². The fourth-order valence-electron chi connectivity index (χ4n) is 2.76. The van der Waals surface area contributed by atoms with Crippen LogP contribution in [0.2, 0.25) is 0 Å². The highest BCUT2D eigenvalue weighted by Gasteiger charge is 2.48. The van der Waals surface area contributed by atoms with Gasteiger partial charge in [-0.1, -0.05) is 6.92 Å². The van der Waals surface area contributed by atoms with E-state index in [1.54, 1.807) is 6.08 Å². The molecule has 1 heterocycles. The highest BCUT2D eigenvalue weighted by molar-refractivity contribution is 7.73. The number of fused-ring (bicyclic) bond motifs is 1. The molecule has 1 aliphatic carbocycles. The van der Waals surface area contributed by atoms with E-state index in [0.717, 1.165) is 18.5 Å². The smallest absolute Gasteiger partial charge is 0.221 e. The van der Waals surface area contributed by atoms with Crippen LogP contribution in [0.1, 0.15) is 34.1 Å². The number of nitrogens with zero attached hydrogens (tertiary/aromatic N) is 1. The first-order chi connectivity index (χ1) is 8.39. The molecule has 0 aromatic heterocycles. The fraction of sp³-hybridized carbons (Fsp3) is 0.571. The normalized spacial score (nSPS) is 25.2. The first-order valence-corrected chi connectivity index (χ1v) is 7.47. The Morgan fingerprint density at radius 2 is 2.00 bits per heavy atom. The Hall–Kier alpha value is -1.16. The van der Waals surface area contributed by atoms with Crippen molar-refractivity contribution >= 4 is 20.9 Å². The Kier molecular flexibility index (Phi) is 3.32. The van der Waals surface area contributed by atoms with Gasteiger partial charge in [0.15, 0.2) is 6.04 Å². The van der Waals surface area contributed by atoms with Crippen LogP contribution in [0.15, 0.2) is 23.8 Å². The molecule has 1 unspecified atom stereocenters. The minimum atomic E-state index is -2.15. The zero-order chi connectivity index (χ0) is 13.5. The molecule has 1 aliphatic heterocycles. The van der Waals surface area contributed by atoms with Crippen LogP contribution in [0.25, 0.3) is 0 Å². The lowest BCUT2D eigenvalue weighted by atomic mass is 9.78. The predicted molar refractivity (Wildman–Crippen MR) is 74.8 cm³/mol. The van der Waals surface area contributed by atoms with E-state index in [-0.39, 0.29) is 5.41 Å². The number of rotatable bonds is 2. The molecule has 0 N–H and O–H groups in total. The summed E-state index contributed by atoms with van der Waals surface area (Å²) >= 11 is 0. The Labute approximate surface area is 110 Å². The molecule has 0 aromatic rings. The van der Waals surface area contributed by atoms with Crippen LogP contribution in [0.3, 0.4) is 0 Å². The molecule has 0 fully saturated rings. The minimum Gasteiger partial charge on any atom is -0.226 e. The van der Waals surface area contributed by atoms with Crippen molar-refractivity contribution in [2.75, 3.05) is 6.54 Å². The summed E-state index contributed by atoms with van der Waals surface area (Å²) in [6, 6.07) is 0.391. The van der Waals surface area contributed by atoms with Crippen LogP contribution in [0.5, 0.6) is 0 Å². The van der Waals surface area contributed by atoms with Gasteiger partial charge in [0.05, 0.1) is 10.3 Å². The van der Waals surface area contributed by atoms with Gasteiger partial charge in [-0.05, 0) is 32.9 Å². The van der Waals surface area contributed by atoms with Crippen LogP contribution < -0.4 is 0 Å². The zero-order valence-electron chi connectivity index (χ0n) is 11.4. The van der Waals surface area contributed by atoms with E-state index in [2.05, 4.69) is 32.3 Å². The maximum absolute atomic E-state index is 11.1. The monoisotopic (exact) mass is 266 g/mol. The molecular weight excluding hydrogens is 246 g/mol. The van der Waals surface area contributed by atoms with Gasteiger partial charge in [0, 0.05) is 18.1 Å². The summed E-state index contributed by atoms with van der Waals surface area (Å²) in [4.78, 5) is 0.382. The Bertz CT molecular complexity index is 596. The van der Waals surface area contributed by atoms with Gasteiger partial charge in [0.2, 0.25) is 16.0 Å². The minimum absolute atomic E-state index is 0.0140. The lowest BCUT2D eigenvalue weighted by Gasteiger charge is -2.22. The second-order valence-electron chi connectivity index (χ2n) is 5.50. The maximum atomic E-state index is 11.1. The lowest BCUT2D eigenvalue weighted by molar-refractivity contribution is -0.565. The first kappa shape index (κ1) is 13.3. The molecule has 3 nitrogen and oxygen atoms in total. The molecule has 0 radical (unpaired) electrons.